The van der Waals surface area contributed by atoms with E-state index in [1.807, 2.05) is 6.92 Å². The van der Waals surface area contributed by atoms with E-state index in [4.69, 9.17) is 17.0 Å². The third kappa shape index (κ3) is 2.97. The molecule has 0 aromatic rings. The second kappa shape index (κ2) is 5.36. The maximum Gasteiger partial charge on any atom is 0.259 e. The van der Waals surface area contributed by atoms with Crippen molar-refractivity contribution in [3.05, 3.63) is 0 Å². The summed E-state index contributed by atoms with van der Waals surface area (Å²) in [5, 5.41) is 0.694. The van der Waals surface area contributed by atoms with Crippen LogP contribution in [0.3, 0.4) is 0 Å². The molecule has 0 radical (unpaired) electrons. The summed E-state index contributed by atoms with van der Waals surface area (Å²) in [6.45, 7) is 4.83. The van der Waals surface area contributed by atoms with Gasteiger partial charge in [-0.25, -0.2) is 0 Å². The van der Waals surface area contributed by atoms with Crippen molar-refractivity contribution in [2.24, 2.45) is 0 Å². The highest BCUT2D eigenvalue weighted by Crippen LogP contribution is 2.10. The van der Waals surface area contributed by atoms with Crippen molar-refractivity contribution in [3.63, 3.8) is 0 Å². The van der Waals surface area contributed by atoms with Gasteiger partial charge >= 0.3 is 0 Å². The molecule has 0 saturated carbocycles. The van der Waals surface area contributed by atoms with Crippen LogP contribution in [0.15, 0.2) is 0 Å². The lowest BCUT2D eigenvalue weighted by molar-refractivity contribution is 0.258. The molecule has 1 heterocycles. The van der Waals surface area contributed by atoms with Gasteiger partial charge in [0.25, 0.3) is 5.17 Å². The first kappa shape index (κ1) is 9.78. The zero-order chi connectivity index (χ0) is 8.81. The number of likely N-dealkylation sites (tertiary alicyclic amines) is 1. The second-order valence-corrected chi connectivity index (χ2v) is 3.45. The Labute approximate surface area is 79.9 Å². The minimum atomic E-state index is 0.690. The molecule has 0 unspecified atom stereocenters. The van der Waals surface area contributed by atoms with Crippen LogP contribution in [0.2, 0.25) is 0 Å². The Morgan fingerprint density at radius 1 is 1.25 bits per heavy atom. The summed E-state index contributed by atoms with van der Waals surface area (Å²) in [5.74, 6) is 0. The summed E-state index contributed by atoms with van der Waals surface area (Å²) in [4.78, 5) is 2.19. The topological polar surface area (TPSA) is 12.5 Å². The van der Waals surface area contributed by atoms with E-state index in [0.29, 0.717) is 11.8 Å². The molecule has 1 aliphatic rings. The fourth-order valence-electron chi connectivity index (χ4n) is 1.47. The van der Waals surface area contributed by atoms with E-state index >= 15 is 0 Å². The summed E-state index contributed by atoms with van der Waals surface area (Å²) in [7, 11) is 0. The van der Waals surface area contributed by atoms with E-state index in [2.05, 4.69) is 4.90 Å². The van der Waals surface area contributed by atoms with Crippen LogP contribution in [-0.4, -0.2) is 29.8 Å². The SMILES string of the molecule is CCOC(=S)N1CCCCCC1. The zero-order valence-corrected chi connectivity index (χ0v) is 8.53. The molecule has 1 fully saturated rings. The molecule has 0 aromatic heterocycles. The van der Waals surface area contributed by atoms with E-state index < -0.39 is 0 Å². The number of hydrogen-bond donors (Lipinski definition) is 0. The molecule has 0 atom stereocenters. The van der Waals surface area contributed by atoms with Gasteiger partial charge in [-0.3, -0.25) is 0 Å². The average Bonchev–Trinajstić information content (AvgIpc) is 2.32. The molecule has 0 spiro atoms. The zero-order valence-electron chi connectivity index (χ0n) is 7.71. The fourth-order valence-corrected chi connectivity index (χ4v) is 1.77. The predicted molar refractivity (Wildman–Crippen MR) is 54.3 cm³/mol. The second-order valence-electron chi connectivity index (χ2n) is 3.10. The first-order valence-electron chi connectivity index (χ1n) is 4.76. The molecule has 2 nitrogen and oxygen atoms in total. The fraction of sp³-hybridized carbons (Fsp3) is 0.889. The highest BCUT2D eigenvalue weighted by molar-refractivity contribution is 7.80. The molecule has 12 heavy (non-hydrogen) atoms. The van der Waals surface area contributed by atoms with Gasteiger partial charge in [-0.05, 0) is 32.0 Å². The minimum absolute atomic E-state index is 0.690. The summed E-state index contributed by atoms with van der Waals surface area (Å²) >= 11 is 5.14. The Morgan fingerprint density at radius 3 is 2.33 bits per heavy atom. The van der Waals surface area contributed by atoms with Gasteiger partial charge in [0.1, 0.15) is 0 Å². The molecule has 1 rings (SSSR count). The Kier molecular flexibility index (Phi) is 4.36. The van der Waals surface area contributed by atoms with Crippen molar-refractivity contribution >= 4 is 17.4 Å². The van der Waals surface area contributed by atoms with Crippen LogP contribution < -0.4 is 0 Å². The van der Waals surface area contributed by atoms with Crippen molar-refractivity contribution in [1.82, 2.24) is 4.90 Å². The molecule has 70 valence electrons. The Hall–Kier alpha value is -0.310. The van der Waals surface area contributed by atoms with Crippen molar-refractivity contribution in [2.75, 3.05) is 19.7 Å². The maximum atomic E-state index is 5.29. The first-order chi connectivity index (χ1) is 5.84. The monoisotopic (exact) mass is 187 g/mol. The largest absolute Gasteiger partial charge is 0.471 e. The third-order valence-corrected chi connectivity index (χ3v) is 2.51. The number of nitrogens with zero attached hydrogens (tertiary/aromatic N) is 1. The van der Waals surface area contributed by atoms with Crippen molar-refractivity contribution < 1.29 is 4.74 Å². The van der Waals surface area contributed by atoms with Crippen LogP contribution in [0.1, 0.15) is 32.6 Å². The summed E-state index contributed by atoms with van der Waals surface area (Å²) in [6, 6.07) is 0. The summed E-state index contributed by atoms with van der Waals surface area (Å²) in [6.07, 6.45) is 5.19. The molecule has 0 amide bonds. The quantitative estimate of drug-likeness (QED) is 0.584. The Morgan fingerprint density at radius 2 is 1.83 bits per heavy atom. The molecule has 0 aliphatic carbocycles. The van der Waals surface area contributed by atoms with E-state index in [9.17, 15) is 0 Å². The van der Waals surface area contributed by atoms with Crippen molar-refractivity contribution in [3.8, 4) is 0 Å². The lowest BCUT2D eigenvalue weighted by Crippen LogP contribution is -2.32. The number of ether oxygens (including phenoxy) is 1. The third-order valence-electron chi connectivity index (χ3n) is 2.13. The normalized spacial score (nSPS) is 18.6. The highest BCUT2D eigenvalue weighted by atomic mass is 32.1. The van der Waals surface area contributed by atoms with E-state index in [1.165, 1.54) is 25.7 Å². The minimum Gasteiger partial charge on any atom is -0.471 e. The highest BCUT2D eigenvalue weighted by Gasteiger charge is 2.12. The van der Waals surface area contributed by atoms with Gasteiger partial charge in [0.15, 0.2) is 0 Å². The van der Waals surface area contributed by atoms with Gasteiger partial charge in [-0.1, -0.05) is 12.8 Å². The summed E-state index contributed by atoms with van der Waals surface area (Å²) < 4.78 is 5.29. The molecule has 1 aliphatic heterocycles. The van der Waals surface area contributed by atoms with Crippen LogP contribution >= 0.6 is 12.2 Å². The molecule has 0 aromatic carbocycles. The smallest absolute Gasteiger partial charge is 0.259 e. The lowest BCUT2D eigenvalue weighted by Gasteiger charge is -2.21. The van der Waals surface area contributed by atoms with Crippen molar-refractivity contribution in [1.29, 1.82) is 0 Å². The van der Waals surface area contributed by atoms with Gasteiger partial charge in [-0.2, -0.15) is 0 Å². The summed E-state index contributed by atoms with van der Waals surface area (Å²) in [5.41, 5.74) is 0. The van der Waals surface area contributed by atoms with Crippen LogP contribution in [0.25, 0.3) is 0 Å². The van der Waals surface area contributed by atoms with Crippen LogP contribution in [-0.2, 0) is 4.74 Å². The predicted octanol–water partition coefficient (Wildman–Crippen LogP) is 2.18. The first-order valence-corrected chi connectivity index (χ1v) is 5.17. The van der Waals surface area contributed by atoms with Gasteiger partial charge < -0.3 is 9.64 Å². The van der Waals surface area contributed by atoms with Gasteiger partial charge in [0.05, 0.1) is 6.61 Å². The number of thiocarbonyl (C=S) groups is 1. The van der Waals surface area contributed by atoms with Crippen molar-refractivity contribution in [2.45, 2.75) is 32.6 Å². The van der Waals surface area contributed by atoms with E-state index in [0.717, 1.165) is 13.1 Å². The van der Waals surface area contributed by atoms with Crippen LogP contribution in [0.4, 0.5) is 0 Å². The molecular formula is C9H17NOS. The van der Waals surface area contributed by atoms with Crippen LogP contribution in [0, 0.1) is 0 Å². The maximum absolute atomic E-state index is 5.29. The average molecular weight is 187 g/mol. The lowest BCUT2D eigenvalue weighted by atomic mass is 10.2. The number of hydrogen-bond acceptors (Lipinski definition) is 2. The molecule has 3 heteroatoms. The molecule has 0 N–H and O–H groups in total. The van der Waals surface area contributed by atoms with E-state index in [-0.39, 0.29) is 0 Å². The van der Waals surface area contributed by atoms with Gasteiger partial charge in [-0.15, -0.1) is 0 Å². The van der Waals surface area contributed by atoms with Gasteiger partial charge in [0, 0.05) is 13.1 Å². The van der Waals surface area contributed by atoms with Crippen LogP contribution in [0.5, 0.6) is 0 Å². The Bertz CT molecular complexity index is 141. The molecular weight excluding hydrogens is 170 g/mol. The Balaban J connectivity index is 2.32. The molecule has 0 bridgehead atoms. The molecule has 1 saturated heterocycles. The van der Waals surface area contributed by atoms with E-state index in [1.54, 1.807) is 0 Å². The standard InChI is InChI=1S/C9H17NOS/c1-2-11-9(12)10-7-5-3-4-6-8-10/h2-8H2,1H3. The number of rotatable bonds is 1. The van der Waals surface area contributed by atoms with Gasteiger partial charge in [0.2, 0.25) is 0 Å².